The molecule has 0 saturated carbocycles. The topological polar surface area (TPSA) is 43.3 Å². The van der Waals surface area contributed by atoms with Crippen molar-refractivity contribution in [3.63, 3.8) is 0 Å². The summed E-state index contributed by atoms with van der Waals surface area (Å²) in [5.74, 6) is 0.462. The average Bonchev–Trinajstić information content (AvgIpc) is 2.44. The monoisotopic (exact) mass is 193 g/mol. The molecule has 0 aliphatic heterocycles. The molecular weight excluding hydrogens is 181 g/mol. The van der Waals surface area contributed by atoms with Crippen molar-refractivity contribution in [1.29, 1.82) is 0 Å². The fraction of sp³-hybridized carbons (Fsp3) is 0.300. The zero-order valence-electron chi connectivity index (χ0n) is 8.16. The van der Waals surface area contributed by atoms with Crippen molar-refractivity contribution in [3.8, 4) is 0 Å². The molecule has 0 fully saturated rings. The number of rotatable bonds is 1. The van der Waals surface area contributed by atoms with Gasteiger partial charge in [0.1, 0.15) is 17.3 Å². The number of nitrogen functional groups attached to an aromatic ring is 1. The maximum absolute atomic E-state index is 12.9. The van der Waals surface area contributed by atoms with Crippen LogP contribution in [0.15, 0.2) is 18.3 Å². The predicted octanol–water partition coefficient (Wildman–Crippen LogP) is 2.18. The number of hydrogen-bond donors (Lipinski definition) is 1. The van der Waals surface area contributed by atoms with Crippen molar-refractivity contribution >= 4 is 11.5 Å². The lowest BCUT2D eigenvalue weighted by Gasteiger charge is -2.00. The van der Waals surface area contributed by atoms with E-state index in [2.05, 4.69) is 4.98 Å². The Kier molecular flexibility index (Phi) is 1.91. The van der Waals surface area contributed by atoms with Crippen LogP contribution >= 0.6 is 0 Å². The molecule has 0 saturated heterocycles. The number of fused-ring (bicyclic) bond motifs is 1. The van der Waals surface area contributed by atoms with E-state index in [1.54, 1.807) is 10.5 Å². The van der Waals surface area contributed by atoms with Crippen molar-refractivity contribution in [2.24, 2.45) is 0 Å². The van der Waals surface area contributed by atoms with Gasteiger partial charge < -0.3 is 5.73 Å². The van der Waals surface area contributed by atoms with Crippen LogP contribution in [0.25, 0.3) is 5.65 Å². The maximum atomic E-state index is 12.9. The second kappa shape index (κ2) is 2.97. The van der Waals surface area contributed by atoms with Crippen LogP contribution in [0.3, 0.4) is 0 Å². The van der Waals surface area contributed by atoms with E-state index in [1.165, 1.54) is 12.3 Å². The SMILES string of the molecule is CC(C)c1nc2ccc(F)cn2c1N. The molecule has 2 aromatic rings. The minimum Gasteiger partial charge on any atom is -0.383 e. The van der Waals surface area contributed by atoms with Gasteiger partial charge in [0.25, 0.3) is 0 Å². The van der Waals surface area contributed by atoms with Crippen LogP contribution in [0.1, 0.15) is 25.5 Å². The average molecular weight is 193 g/mol. The molecule has 2 aromatic heterocycles. The second-order valence-corrected chi connectivity index (χ2v) is 3.61. The highest BCUT2D eigenvalue weighted by Crippen LogP contribution is 2.22. The summed E-state index contributed by atoms with van der Waals surface area (Å²) in [6.45, 7) is 4.02. The summed E-state index contributed by atoms with van der Waals surface area (Å²) in [5, 5.41) is 0. The Bertz CT molecular complexity index is 473. The number of imidazole rings is 1. The van der Waals surface area contributed by atoms with Crippen LogP contribution in [0, 0.1) is 5.82 Å². The molecule has 2 N–H and O–H groups in total. The lowest BCUT2D eigenvalue weighted by atomic mass is 10.1. The van der Waals surface area contributed by atoms with E-state index in [-0.39, 0.29) is 11.7 Å². The fourth-order valence-corrected chi connectivity index (χ4v) is 1.48. The molecule has 0 aromatic carbocycles. The third-order valence-electron chi connectivity index (χ3n) is 2.19. The Morgan fingerprint density at radius 1 is 1.43 bits per heavy atom. The highest BCUT2D eigenvalue weighted by atomic mass is 19.1. The van der Waals surface area contributed by atoms with Crippen LogP contribution < -0.4 is 5.73 Å². The predicted molar refractivity (Wildman–Crippen MR) is 53.7 cm³/mol. The van der Waals surface area contributed by atoms with E-state index in [4.69, 9.17) is 5.73 Å². The minimum atomic E-state index is -0.308. The number of nitrogens with zero attached hydrogens (tertiary/aromatic N) is 2. The Morgan fingerprint density at radius 3 is 2.79 bits per heavy atom. The first-order chi connectivity index (χ1) is 6.59. The lowest BCUT2D eigenvalue weighted by Crippen LogP contribution is -1.98. The van der Waals surface area contributed by atoms with Gasteiger partial charge in [-0.05, 0) is 18.1 Å². The van der Waals surface area contributed by atoms with E-state index in [0.29, 0.717) is 11.5 Å². The van der Waals surface area contributed by atoms with Gasteiger partial charge in [-0.1, -0.05) is 13.8 Å². The van der Waals surface area contributed by atoms with Gasteiger partial charge in [-0.25, -0.2) is 9.37 Å². The molecule has 4 heteroatoms. The Morgan fingerprint density at radius 2 is 2.14 bits per heavy atom. The standard InChI is InChI=1S/C10H12FN3/c1-6(2)9-10(12)14-5-7(11)3-4-8(14)13-9/h3-6H,12H2,1-2H3. The van der Waals surface area contributed by atoms with Crippen LogP contribution in [-0.2, 0) is 0 Å². The van der Waals surface area contributed by atoms with E-state index in [9.17, 15) is 4.39 Å². The quantitative estimate of drug-likeness (QED) is 0.754. The summed E-state index contributed by atoms with van der Waals surface area (Å²) >= 11 is 0. The van der Waals surface area contributed by atoms with Crippen molar-refractivity contribution in [3.05, 3.63) is 29.8 Å². The molecule has 14 heavy (non-hydrogen) atoms. The molecule has 0 spiro atoms. The third-order valence-corrected chi connectivity index (χ3v) is 2.19. The first kappa shape index (κ1) is 8.99. The van der Waals surface area contributed by atoms with Gasteiger partial charge in [0.2, 0.25) is 0 Å². The van der Waals surface area contributed by atoms with Crippen LogP contribution in [0.2, 0.25) is 0 Å². The van der Waals surface area contributed by atoms with Crippen LogP contribution in [0.4, 0.5) is 10.2 Å². The third kappa shape index (κ3) is 1.23. The zero-order valence-corrected chi connectivity index (χ0v) is 8.16. The van der Waals surface area contributed by atoms with Crippen LogP contribution in [0.5, 0.6) is 0 Å². The smallest absolute Gasteiger partial charge is 0.140 e. The molecular formula is C10H12FN3. The molecule has 2 heterocycles. The van der Waals surface area contributed by atoms with E-state index in [1.807, 2.05) is 13.8 Å². The van der Waals surface area contributed by atoms with Gasteiger partial charge in [-0.2, -0.15) is 0 Å². The first-order valence-electron chi connectivity index (χ1n) is 4.52. The summed E-state index contributed by atoms with van der Waals surface area (Å²) in [6.07, 6.45) is 1.35. The van der Waals surface area contributed by atoms with Crippen molar-refractivity contribution in [1.82, 2.24) is 9.38 Å². The largest absolute Gasteiger partial charge is 0.383 e. The number of pyridine rings is 1. The normalized spacial score (nSPS) is 11.4. The van der Waals surface area contributed by atoms with Gasteiger partial charge in [0, 0.05) is 6.20 Å². The van der Waals surface area contributed by atoms with Gasteiger partial charge in [-0.15, -0.1) is 0 Å². The molecule has 74 valence electrons. The number of anilines is 1. The summed E-state index contributed by atoms with van der Waals surface area (Å²) in [6, 6.07) is 3.00. The highest BCUT2D eigenvalue weighted by Gasteiger charge is 2.12. The molecule has 0 atom stereocenters. The Balaban J connectivity index is 2.74. The van der Waals surface area contributed by atoms with E-state index in [0.717, 1.165) is 5.69 Å². The molecule has 3 nitrogen and oxygen atoms in total. The van der Waals surface area contributed by atoms with E-state index >= 15 is 0 Å². The maximum Gasteiger partial charge on any atom is 0.140 e. The van der Waals surface area contributed by atoms with Gasteiger partial charge in [-0.3, -0.25) is 4.40 Å². The molecule has 2 rings (SSSR count). The number of halogens is 1. The highest BCUT2D eigenvalue weighted by molar-refractivity contribution is 5.53. The number of nitrogens with two attached hydrogens (primary N) is 1. The summed E-state index contributed by atoms with van der Waals surface area (Å²) in [5.41, 5.74) is 7.35. The van der Waals surface area contributed by atoms with Gasteiger partial charge >= 0.3 is 0 Å². The zero-order chi connectivity index (χ0) is 10.3. The number of hydrogen-bond acceptors (Lipinski definition) is 2. The van der Waals surface area contributed by atoms with E-state index < -0.39 is 0 Å². The minimum absolute atomic E-state index is 0.248. The summed E-state index contributed by atoms with van der Waals surface area (Å²) in [4.78, 5) is 4.32. The molecule has 0 unspecified atom stereocenters. The second-order valence-electron chi connectivity index (χ2n) is 3.61. The fourth-order valence-electron chi connectivity index (χ4n) is 1.48. The van der Waals surface area contributed by atoms with Gasteiger partial charge in [0.05, 0.1) is 5.69 Å². The summed E-state index contributed by atoms with van der Waals surface area (Å²) < 4.78 is 14.5. The van der Waals surface area contributed by atoms with Crippen LogP contribution in [-0.4, -0.2) is 9.38 Å². The molecule has 0 radical (unpaired) electrons. The Hall–Kier alpha value is -1.58. The van der Waals surface area contributed by atoms with Crippen molar-refractivity contribution in [2.75, 3.05) is 5.73 Å². The van der Waals surface area contributed by atoms with Gasteiger partial charge in [0.15, 0.2) is 0 Å². The molecule has 0 amide bonds. The van der Waals surface area contributed by atoms with Crippen molar-refractivity contribution in [2.45, 2.75) is 19.8 Å². The molecule has 0 aliphatic rings. The molecule has 0 bridgehead atoms. The Labute approximate surface area is 81.4 Å². The first-order valence-corrected chi connectivity index (χ1v) is 4.52. The summed E-state index contributed by atoms with van der Waals surface area (Å²) in [7, 11) is 0. The molecule has 0 aliphatic carbocycles. The lowest BCUT2D eigenvalue weighted by molar-refractivity contribution is 0.619. The van der Waals surface area contributed by atoms with Crippen molar-refractivity contribution < 1.29 is 4.39 Å². The number of aromatic nitrogens is 2.